The van der Waals surface area contributed by atoms with E-state index < -0.39 is 5.63 Å². The summed E-state index contributed by atoms with van der Waals surface area (Å²) in [6.45, 7) is 0. The Morgan fingerprint density at radius 1 is 0.852 bits per heavy atom. The molecule has 0 radical (unpaired) electrons. The van der Waals surface area contributed by atoms with Crippen molar-refractivity contribution >= 4 is 38.5 Å². The molecule has 5 heteroatoms. The van der Waals surface area contributed by atoms with Crippen LogP contribution < -0.4 is 10.9 Å². The molecule has 0 spiro atoms. The number of rotatable bonds is 3. The fourth-order valence-corrected chi connectivity index (χ4v) is 3.20. The first-order valence-electron chi connectivity index (χ1n) is 8.30. The van der Waals surface area contributed by atoms with Crippen molar-refractivity contribution in [3.8, 4) is 11.1 Å². The third-order valence-corrected chi connectivity index (χ3v) is 4.69. The summed E-state index contributed by atoms with van der Waals surface area (Å²) in [5.41, 5.74) is 2.54. The zero-order valence-electron chi connectivity index (χ0n) is 14.1. The predicted octanol–water partition coefficient (Wildman–Crippen LogP) is 5.47. The molecule has 27 heavy (non-hydrogen) atoms. The van der Waals surface area contributed by atoms with Gasteiger partial charge in [-0.3, -0.25) is 4.79 Å². The van der Waals surface area contributed by atoms with E-state index in [1.54, 1.807) is 30.3 Å². The van der Waals surface area contributed by atoms with E-state index in [4.69, 9.17) is 4.42 Å². The van der Waals surface area contributed by atoms with Gasteiger partial charge in [0.25, 0.3) is 5.91 Å². The lowest BCUT2D eigenvalue weighted by atomic mass is 10.0. The molecular formula is C22H14BrNO3. The fraction of sp³-hybridized carbons (Fsp3) is 0. The Bertz CT molecular complexity index is 1180. The van der Waals surface area contributed by atoms with E-state index >= 15 is 0 Å². The minimum atomic E-state index is -0.584. The van der Waals surface area contributed by atoms with Gasteiger partial charge in [-0.1, -0.05) is 58.4 Å². The summed E-state index contributed by atoms with van der Waals surface area (Å²) in [5.74, 6) is -0.365. The van der Waals surface area contributed by atoms with Gasteiger partial charge in [0.05, 0.1) is 0 Å². The Morgan fingerprint density at radius 2 is 1.56 bits per heavy atom. The predicted molar refractivity (Wildman–Crippen MR) is 110 cm³/mol. The van der Waals surface area contributed by atoms with E-state index in [0.29, 0.717) is 11.1 Å². The fourth-order valence-electron chi connectivity index (χ4n) is 2.82. The van der Waals surface area contributed by atoms with Crippen molar-refractivity contribution in [3.63, 3.8) is 0 Å². The standard InChI is InChI=1S/C22H14BrNO3/c23-18-10-11-20-17(12-18)13-19(22(26)27-20)24-21(25)16-8-6-15(7-9-16)14-4-2-1-3-5-14/h1-13H,(H,24,25). The molecule has 3 aromatic carbocycles. The summed E-state index contributed by atoms with van der Waals surface area (Å²) < 4.78 is 6.13. The zero-order chi connectivity index (χ0) is 18.8. The van der Waals surface area contributed by atoms with Crippen molar-refractivity contribution in [2.75, 3.05) is 5.32 Å². The quantitative estimate of drug-likeness (QED) is 0.447. The first-order valence-corrected chi connectivity index (χ1v) is 9.10. The molecule has 0 atom stereocenters. The van der Waals surface area contributed by atoms with Gasteiger partial charge in [-0.15, -0.1) is 0 Å². The molecule has 1 N–H and O–H groups in total. The summed E-state index contributed by atoms with van der Waals surface area (Å²) in [6.07, 6.45) is 0. The molecule has 0 aliphatic carbocycles. The van der Waals surface area contributed by atoms with Crippen LogP contribution in [0.5, 0.6) is 0 Å². The Labute approximate surface area is 163 Å². The van der Waals surface area contributed by atoms with E-state index in [9.17, 15) is 9.59 Å². The van der Waals surface area contributed by atoms with E-state index in [2.05, 4.69) is 21.2 Å². The van der Waals surface area contributed by atoms with Gasteiger partial charge in [0.2, 0.25) is 0 Å². The Hall–Kier alpha value is -3.18. The van der Waals surface area contributed by atoms with Crippen LogP contribution in [0, 0.1) is 0 Å². The van der Waals surface area contributed by atoms with Crippen LogP contribution in [0.15, 0.2) is 92.5 Å². The van der Waals surface area contributed by atoms with Crippen LogP contribution >= 0.6 is 15.9 Å². The summed E-state index contributed by atoms with van der Waals surface area (Å²) in [4.78, 5) is 24.6. The average Bonchev–Trinajstić information content (AvgIpc) is 2.69. The van der Waals surface area contributed by atoms with Gasteiger partial charge in [-0.05, 0) is 47.5 Å². The molecule has 0 aliphatic rings. The molecule has 0 saturated carbocycles. The lowest BCUT2D eigenvalue weighted by Gasteiger charge is -2.07. The van der Waals surface area contributed by atoms with Crippen LogP contribution in [0.25, 0.3) is 22.1 Å². The molecule has 4 nitrogen and oxygen atoms in total. The monoisotopic (exact) mass is 419 g/mol. The Morgan fingerprint density at radius 3 is 2.30 bits per heavy atom. The summed E-state index contributed by atoms with van der Waals surface area (Å²) in [7, 11) is 0. The lowest BCUT2D eigenvalue weighted by molar-refractivity contribution is 0.102. The highest BCUT2D eigenvalue weighted by Crippen LogP contribution is 2.22. The SMILES string of the molecule is O=C(Nc1cc2cc(Br)ccc2oc1=O)c1ccc(-c2ccccc2)cc1. The molecule has 1 aromatic heterocycles. The number of hydrogen-bond donors (Lipinski definition) is 1. The second-order valence-electron chi connectivity index (χ2n) is 6.03. The third-order valence-electron chi connectivity index (χ3n) is 4.20. The Kier molecular flexibility index (Phi) is 4.60. The summed E-state index contributed by atoms with van der Waals surface area (Å²) in [5, 5.41) is 3.36. The van der Waals surface area contributed by atoms with Gasteiger partial charge in [-0.25, -0.2) is 4.79 Å². The normalized spacial score (nSPS) is 10.7. The first-order chi connectivity index (χ1) is 13.1. The topological polar surface area (TPSA) is 59.3 Å². The van der Waals surface area contributed by atoms with Crippen LogP contribution in [0.1, 0.15) is 10.4 Å². The van der Waals surface area contributed by atoms with Gasteiger partial charge in [0.1, 0.15) is 11.3 Å². The largest absolute Gasteiger partial charge is 0.421 e. The van der Waals surface area contributed by atoms with Gasteiger partial charge >= 0.3 is 5.63 Å². The zero-order valence-corrected chi connectivity index (χ0v) is 15.7. The smallest absolute Gasteiger partial charge is 0.360 e. The number of anilines is 1. The highest BCUT2D eigenvalue weighted by Gasteiger charge is 2.11. The Balaban J connectivity index is 1.59. The minimum Gasteiger partial charge on any atom is -0.421 e. The number of hydrogen-bond acceptors (Lipinski definition) is 3. The number of amides is 1. The van der Waals surface area contributed by atoms with Gasteiger partial charge in [0, 0.05) is 15.4 Å². The number of halogens is 1. The highest BCUT2D eigenvalue weighted by molar-refractivity contribution is 9.10. The van der Waals surface area contributed by atoms with Gasteiger partial charge in [0.15, 0.2) is 0 Å². The number of benzene rings is 3. The molecule has 132 valence electrons. The van der Waals surface area contributed by atoms with E-state index in [0.717, 1.165) is 21.0 Å². The van der Waals surface area contributed by atoms with E-state index in [1.165, 1.54) is 0 Å². The number of carbonyl (C=O) groups is 1. The highest BCUT2D eigenvalue weighted by atomic mass is 79.9. The molecule has 4 aromatic rings. The molecule has 0 saturated heterocycles. The maximum absolute atomic E-state index is 12.5. The van der Waals surface area contributed by atoms with Crippen LogP contribution in [0.4, 0.5) is 5.69 Å². The van der Waals surface area contributed by atoms with Crippen molar-refractivity contribution in [2.24, 2.45) is 0 Å². The molecule has 1 amide bonds. The van der Waals surface area contributed by atoms with Crippen LogP contribution in [-0.4, -0.2) is 5.91 Å². The van der Waals surface area contributed by atoms with Crippen LogP contribution in [-0.2, 0) is 0 Å². The van der Waals surface area contributed by atoms with Crippen molar-refractivity contribution < 1.29 is 9.21 Å². The van der Waals surface area contributed by atoms with E-state index in [-0.39, 0.29) is 11.6 Å². The van der Waals surface area contributed by atoms with Crippen molar-refractivity contribution in [2.45, 2.75) is 0 Å². The summed E-state index contributed by atoms with van der Waals surface area (Å²) >= 11 is 3.38. The van der Waals surface area contributed by atoms with Crippen molar-refractivity contribution in [1.82, 2.24) is 0 Å². The second-order valence-corrected chi connectivity index (χ2v) is 6.94. The molecule has 0 fully saturated rings. The lowest BCUT2D eigenvalue weighted by Crippen LogP contribution is -2.17. The second kappa shape index (κ2) is 7.21. The average molecular weight is 420 g/mol. The third kappa shape index (κ3) is 3.68. The molecular weight excluding hydrogens is 406 g/mol. The maximum Gasteiger partial charge on any atom is 0.360 e. The molecule has 4 rings (SSSR count). The summed E-state index contributed by atoms with van der Waals surface area (Å²) in [6, 6.07) is 24.1. The molecule has 1 heterocycles. The molecule has 0 bridgehead atoms. The maximum atomic E-state index is 12.5. The molecule has 0 unspecified atom stereocenters. The number of carbonyl (C=O) groups excluding carboxylic acids is 1. The van der Waals surface area contributed by atoms with Gasteiger partial charge in [-0.2, -0.15) is 0 Å². The number of fused-ring (bicyclic) bond motifs is 1. The molecule has 0 aliphatic heterocycles. The van der Waals surface area contributed by atoms with Gasteiger partial charge < -0.3 is 9.73 Å². The van der Waals surface area contributed by atoms with Crippen molar-refractivity contribution in [3.05, 3.63) is 99.3 Å². The van der Waals surface area contributed by atoms with E-state index in [1.807, 2.05) is 48.5 Å². The first kappa shape index (κ1) is 17.2. The minimum absolute atomic E-state index is 0.109. The van der Waals surface area contributed by atoms with Crippen molar-refractivity contribution in [1.29, 1.82) is 0 Å². The van der Waals surface area contributed by atoms with Crippen LogP contribution in [0.3, 0.4) is 0 Å². The van der Waals surface area contributed by atoms with Crippen LogP contribution in [0.2, 0.25) is 0 Å². The number of nitrogens with one attached hydrogen (secondary N) is 1.